The molecule has 1 heterocycles. The maximum atomic E-state index is 12.2. The molecular weight excluding hydrogens is 336 g/mol. The van der Waals surface area contributed by atoms with Crippen molar-refractivity contribution in [2.45, 2.75) is 26.9 Å². The van der Waals surface area contributed by atoms with Gasteiger partial charge in [0.1, 0.15) is 5.76 Å². The van der Waals surface area contributed by atoms with Crippen LogP contribution in [0.25, 0.3) is 0 Å². The lowest BCUT2D eigenvalue weighted by molar-refractivity contribution is -0.133. The van der Waals surface area contributed by atoms with Gasteiger partial charge in [-0.2, -0.15) is 0 Å². The molecule has 138 valence electrons. The van der Waals surface area contributed by atoms with Crippen LogP contribution in [-0.4, -0.2) is 34.8 Å². The normalized spacial score (nSPS) is 10.6. The Kier molecular flexibility index (Phi) is 6.16. The van der Waals surface area contributed by atoms with Crippen LogP contribution in [0.1, 0.15) is 46.1 Å². The third-order valence-electron chi connectivity index (χ3n) is 3.80. The summed E-state index contributed by atoms with van der Waals surface area (Å²) in [6.45, 7) is 4.28. The Balaban J connectivity index is 1.91. The van der Waals surface area contributed by atoms with Crippen LogP contribution in [0.3, 0.4) is 0 Å². The summed E-state index contributed by atoms with van der Waals surface area (Å²) in [7, 11) is 1.75. The Morgan fingerprint density at radius 1 is 1.12 bits per heavy atom. The number of rotatable bonds is 7. The molecule has 0 spiro atoms. The van der Waals surface area contributed by atoms with Crippen molar-refractivity contribution >= 4 is 17.8 Å². The smallest absolute Gasteiger partial charge is 0.371 e. The van der Waals surface area contributed by atoms with E-state index in [2.05, 4.69) is 5.32 Å². The molecule has 2 N–H and O–H groups in total. The van der Waals surface area contributed by atoms with Gasteiger partial charge in [0.15, 0.2) is 0 Å². The van der Waals surface area contributed by atoms with E-state index in [1.54, 1.807) is 36.2 Å². The maximum absolute atomic E-state index is 12.2. The number of carbonyl (C=O) groups is 3. The molecular formula is C19H22N2O5. The van der Waals surface area contributed by atoms with E-state index in [4.69, 9.17) is 9.52 Å². The van der Waals surface area contributed by atoms with E-state index in [1.807, 2.05) is 13.8 Å². The van der Waals surface area contributed by atoms with Gasteiger partial charge < -0.3 is 19.7 Å². The summed E-state index contributed by atoms with van der Waals surface area (Å²) in [6, 6.07) is 9.82. The van der Waals surface area contributed by atoms with Crippen molar-refractivity contribution in [1.82, 2.24) is 10.2 Å². The number of furan rings is 1. The van der Waals surface area contributed by atoms with E-state index in [0.29, 0.717) is 17.9 Å². The summed E-state index contributed by atoms with van der Waals surface area (Å²) in [5, 5.41) is 11.5. The molecule has 0 radical (unpaired) electrons. The Labute approximate surface area is 151 Å². The second-order valence-electron chi connectivity index (χ2n) is 6.30. The summed E-state index contributed by atoms with van der Waals surface area (Å²) in [5.74, 6) is -1.25. The number of carboxylic acid groups (broad SMARTS) is 1. The number of aromatic carboxylic acids is 1. The fourth-order valence-electron chi connectivity index (χ4n) is 2.41. The van der Waals surface area contributed by atoms with Gasteiger partial charge in [0, 0.05) is 25.1 Å². The summed E-state index contributed by atoms with van der Waals surface area (Å²) >= 11 is 0. The summed E-state index contributed by atoms with van der Waals surface area (Å²) in [4.78, 5) is 36.5. The molecule has 1 aromatic carbocycles. The van der Waals surface area contributed by atoms with Crippen LogP contribution in [-0.2, 0) is 17.9 Å². The highest BCUT2D eigenvalue weighted by Gasteiger charge is 2.14. The zero-order chi connectivity index (χ0) is 19.3. The molecule has 7 heteroatoms. The first-order valence-corrected chi connectivity index (χ1v) is 8.22. The lowest BCUT2D eigenvalue weighted by Gasteiger charge is -2.19. The van der Waals surface area contributed by atoms with Crippen molar-refractivity contribution in [3.8, 4) is 0 Å². The molecule has 0 aliphatic rings. The van der Waals surface area contributed by atoms with Crippen LogP contribution < -0.4 is 5.32 Å². The minimum Gasteiger partial charge on any atom is -0.475 e. The molecule has 26 heavy (non-hydrogen) atoms. The average molecular weight is 358 g/mol. The standard InChI is InChI=1S/C19H22N2O5/c1-12(2)18(23)21(3)11-13-4-6-14(7-5-13)17(22)20-10-15-8-9-16(26-15)19(24)25/h4-9,12H,10-11H2,1-3H3,(H,20,22)(H,24,25). The van der Waals surface area contributed by atoms with E-state index in [1.165, 1.54) is 12.1 Å². The van der Waals surface area contributed by atoms with Crippen LogP contribution >= 0.6 is 0 Å². The molecule has 0 unspecified atom stereocenters. The minimum absolute atomic E-state index is 0.0611. The Hall–Kier alpha value is -3.09. The van der Waals surface area contributed by atoms with Gasteiger partial charge in [-0.25, -0.2) is 4.79 Å². The number of carbonyl (C=O) groups excluding carboxylic acids is 2. The molecule has 0 aliphatic carbocycles. The molecule has 0 saturated carbocycles. The van der Waals surface area contributed by atoms with Crippen molar-refractivity contribution in [3.05, 3.63) is 59.0 Å². The monoisotopic (exact) mass is 358 g/mol. The first-order valence-electron chi connectivity index (χ1n) is 8.22. The highest BCUT2D eigenvalue weighted by atomic mass is 16.4. The zero-order valence-corrected chi connectivity index (χ0v) is 15.0. The molecule has 2 amide bonds. The van der Waals surface area contributed by atoms with Crippen LogP contribution in [0.4, 0.5) is 0 Å². The number of amides is 2. The SMILES string of the molecule is CC(C)C(=O)N(C)Cc1ccc(C(=O)NCc2ccc(C(=O)O)o2)cc1. The topological polar surface area (TPSA) is 99.9 Å². The number of nitrogens with zero attached hydrogens (tertiary/aromatic N) is 1. The second kappa shape index (κ2) is 8.33. The highest BCUT2D eigenvalue weighted by molar-refractivity contribution is 5.94. The van der Waals surface area contributed by atoms with Gasteiger partial charge in [0.2, 0.25) is 11.7 Å². The van der Waals surface area contributed by atoms with Crippen LogP contribution in [0.5, 0.6) is 0 Å². The Morgan fingerprint density at radius 3 is 2.31 bits per heavy atom. The van der Waals surface area contributed by atoms with Gasteiger partial charge >= 0.3 is 5.97 Å². The first kappa shape index (κ1) is 19.2. The van der Waals surface area contributed by atoms with E-state index in [9.17, 15) is 14.4 Å². The summed E-state index contributed by atoms with van der Waals surface area (Å²) in [5.41, 5.74) is 1.40. The molecule has 2 rings (SSSR count). The molecule has 2 aromatic rings. The van der Waals surface area contributed by atoms with Gasteiger partial charge in [-0.05, 0) is 29.8 Å². The molecule has 0 fully saturated rings. The molecule has 0 bridgehead atoms. The molecule has 0 atom stereocenters. The Bertz CT molecular complexity index is 793. The minimum atomic E-state index is -1.15. The summed E-state index contributed by atoms with van der Waals surface area (Å²) in [6.07, 6.45) is 0. The quantitative estimate of drug-likeness (QED) is 0.792. The van der Waals surface area contributed by atoms with E-state index < -0.39 is 5.97 Å². The zero-order valence-electron chi connectivity index (χ0n) is 15.0. The number of nitrogens with one attached hydrogen (secondary N) is 1. The van der Waals surface area contributed by atoms with Crippen LogP contribution in [0.2, 0.25) is 0 Å². The lowest BCUT2D eigenvalue weighted by Crippen LogP contribution is -2.30. The lowest BCUT2D eigenvalue weighted by atomic mass is 10.1. The third-order valence-corrected chi connectivity index (χ3v) is 3.80. The van der Waals surface area contributed by atoms with Gasteiger partial charge in [-0.1, -0.05) is 26.0 Å². The van der Waals surface area contributed by atoms with Crippen molar-refractivity contribution in [3.63, 3.8) is 0 Å². The third kappa shape index (κ3) is 4.95. The fraction of sp³-hybridized carbons (Fsp3) is 0.316. The number of carboxylic acids is 1. The second-order valence-corrected chi connectivity index (χ2v) is 6.30. The predicted molar refractivity (Wildman–Crippen MR) is 94.6 cm³/mol. The average Bonchev–Trinajstić information content (AvgIpc) is 3.08. The van der Waals surface area contributed by atoms with Gasteiger partial charge in [0.05, 0.1) is 6.54 Å². The van der Waals surface area contributed by atoms with Crippen molar-refractivity contribution in [2.24, 2.45) is 5.92 Å². The van der Waals surface area contributed by atoms with Gasteiger partial charge in [-0.15, -0.1) is 0 Å². The van der Waals surface area contributed by atoms with Crippen LogP contribution in [0.15, 0.2) is 40.8 Å². The number of hydrogen-bond acceptors (Lipinski definition) is 4. The van der Waals surface area contributed by atoms with Gasteiger partial charge in [-0.3, -0.25) is 9.59 Å². The van der Waals surface area contributed by atoms with Crippen molar-refractivity contribution in [1.29, 1.82) is 0 Å². The number of benzene rings is 1. The molecule has 0 saturated heterocycles. The molecule has 0 aliphatic heterocycles. The van der Waals surface area contributed by atoms with E-state index >= 15 is 0 Å². The summed E-state index contributed by atoms with van der Waals surface area (Å²) < 4.78 is 5.08. The molecule has 7 nitrogen and oxygen atoms in total. The first-order chi connectivity index (χ1) is 12.3. The fourth-order valence-corrected chi connectivity index (χ4v) is 2.41. The molecule has 1 aromatic heterocycles. The highest BCUT2D eigenvalue weighted by Crippen LogP contribution is 2.11. The van der Waals surface area contributed by atoms with Crippen molar-refractivity contribution < 1.29 is 23.9 Å². The van der Waals surface area contributed by atoms with E-state index in [0.717, 1.165) is 5.56 Å². The Morgan fingerprint density at radius 2 is 1.77 bits per heavy atom. The number of hydrogen-bond donors (Lipinski definition) is 2. The largest absolute Gasteiger partial charge is 0.475 e. The van der Waals surface area contributed by atoms with E-state index in [-0.39, 0.29) is 30.0 Å². The maximum Gasteiger partial charge on any atom is 0.371 e. The van der Waals surface area contributed by atoms with Crippen molar-refractivity contribution in [2.75, 3.05) is 7.05 Å². The predicted octanol–water partition coefficient (Wildman–Crippen LogP) is 2.52. The van der Waals surface area contributed by atoms with Crippen LogP contribution in [0, 0.1) is 5.92 Å². The van der Waals surface area contributed by atoms with Gasteiger partial charge in [0.25, 0.3) is 5.91 Å².